The van der Waals surface area contributed by atoms with Crippen LogP contribution in [-0.2, 0) is 17.8 Å². The van der Waals surface area contributed by atoms with Crippen molar-refractivity contribution in [3.8, 4) is 17.2 Å². The quantitative estimate of drug-likeness (QED) is 0.111. The number of ether oxygens (including phenoxy) is 3. The predicted molar refractivity (Wildman–Crippen MR) is 192 cm³/mol. The number of rotatable bonds is 12. The second-order valence-corrected chi connectivity index (χ2v) is 12.4. The highest BCUT2D eigenvalue weighted by Crippen LogP contribution is 2.36. The maximum atomic E-state index is 9.45. The molecule has 4 aromatic rings. The van der Waals surface area contributed by atoms with Gasteiger partial charge in [-0.3, -0.25) is 4.90 Å². The number of diazo groups is 2. The molecule has 4 aromatic carbocycles. The van der Waals surface area contributed by atoms with Gasteiger partial charge in [-0.25, -0.2) is 0 Å². The van der Waals surface area contributed by atoms with Crippen LogP contribution in [0.3, 0.4) is 0 Å². The lowest BCUT2D eigenvalue weighted by Gasteiger charge is -2.38. The molecular formula is C40H42N6O3+2. The van der Waals surface area contributed by atoms with Gasteiger partial charge in [-0.05, 0) is 85.4 Å². The maximum Gasteiger partial charge on any atom is 0.426 e. The van der Waals surface area contributed by atoms with Gasteiger partial charge >= 0.3 is 11.7 Å². The molecule has 9 nitrogen and oxygen atoms in total. The molecule has 3 unspecified atom stereocenters. The van der Waals surface area contributed by atoms with E-state index in [4.69, 9.17) is 14.2 Å². The third-order valence-corrected chi connectivity index (χ3v) is 9.32. The number of methoxy groups -OCH3 is 2. The van der Waals surface area contributed by atoms with Crippen LogP contribution in [-0.4, -0.2) is 37.2 Å². The highest BCUT2D eigenvalue weighted by Gasteiger charge is 2.36. The first kappa shape index (κ1) is 33.3. The molecule has 0 fully saturated rings. The SMILES string of the molecule is COC1=CC(N(Cc2ccc(Oc3ccc(CN(c4ccccc4)c4ccc([N+]#N)c(OC)c4)cc3)cc2)C2C=CCCC2)CCC1[N+]#N. The molecule has 2 aliphatic rings. The van der Waals surface area contributed by atoms with Crippen molar-refractivity contribution in [1.82, 2.24) is 4.90 Å². The van der Waals surface area contributed by atoms with E-state index >= 15 is 0 Å². The lowest BCUT2D eigenvalue weighted by atomic mass is 9.92. The van der Waals surface area contributed by atoms with Gasteiger partial charge in [0.25, 0.3) is 0 Å². The summed E-state index contributed by atoms with van der Waals surface area (Å²) in [5.41, 5.74) is 4.63. The van der Waals surface area contributed by atoms with Crippen molar-refractivity contribution in [2.45, 2.75) is 63.3 Å². The van der Waals surface area contributed by atoms with Crippen molar-refractivity contribution in [3.05, 3.63) is 142 Å². The molecule has 248 valence electrons. The van der Waals surface area contributed by atoms with Crippen molar-refractivity contribution >= 4 is 17.1 Å². The van der Waals surface area contributed by atoms with Crippen LogP contribution in [0.1, 0.15) is 43.2 Å². The van der Waals surface area contributed by atoms with Crippen molar-refractivity contribution in [2.24, 2.45) is 0 Å². The summed E-state index contributed by atoms with van der Waals surface area (Å²) in [5.74, 6) is 2.77. The summed E-state index contributed by atoms with van der Waals surface area (Å²) in [7, 11) is 3.21. The number of allylic oxidation sites excluding steroid dienone is 1. The fourth-order valence-electron chi connectivity index (χ4n) is 6.70. The van der Waals surface area contributed by atoms with Gasteiger partial charge in [0.15, 0.2) is 10.7 Å². The summed E-state index contributed by atoms with van der Waals surface area (Å²) in [6.45, 7) is 1.41. The Hall–Kier alpha value is -5.64. The first-order valence-corrected chi connectivity index (χ1v) is 16.8. The molecule has 0 aromatic heterocycles. The molecule has 0 saturated heterocycles. The molecule has 0 radical (unpaired) electrons. The standard InChI is InChI=1S/C40H42N6O3/c1-47-39-25-33(17-23-37(39)43-41)45(31-9-5-3-6-10-31)27-29-13-19-35(20-14-29)49-36-21-15-30(16-22-36)28-46(32-11-7-4-8-12-32)34-18-24-38(44-42)40(26-34)48-2/h3,5-7,9-11,13-17,19-23,25-26,32,34,38H,4,8,12,18,24,27-28H2,1-2H3/q+2. The number of benzene rings is 4. The third-order valence-electron chi connectivity index (χ3n) is 9.32. The van der Waals surface area contributed by atoms with Crippen LogP contribution < -0.4 is 14.4 Å². The van der Waals surface area contributed by atoms with Gasteiger partial charge < -0.3 is 19.1 Å². The summed E-state index contributed by atoms with van der Waals surface area (Å²) < 4.78 is 17.3. The molecule has 6 rings (SSSR count). The Morgan fingerprint density at radius 3 is 2.06 bits per heavy atom. The average Bonchev–Trinajstić information content (AvgIpc) is 3.17. The molecule has 0 spiro atoms. The van der Waals surface area contributed by atoms with Crippen LogP contribution in [0.2, 0.25) is 0 Å². The van der Waals surface area contributed by atoms with Crippen molar-refractivity contribution in [3.63, 3.8) is 0 Å². The first-order valence-electron chi connectivity index (χ1n) is 16.8. The number of nitrogens with zero attached hydrogens (tertiary/aromatic N) is 6. The average molecular weight is 655 g/mol. The summed E-state index contributed by atoms with van der Waals surface area (Å²) in [6, 6.07) is 32.4. The van der Waals surface area contributed by atoms with Crippen LogP contribution in [0.25, 0.3) is 9.95 Å². The van der Waals surface area contributed by atoms with E-state index in [0.717, 1.165) is 66.4 Å². The molecular weight excluding hydrogens is 612 g/mol. The van der Waals surface area contributed by atoms with Crippen LogP contribution >= 0.6 is 0 Å². The van der Waals surface area contributed by atoms with E-state index in [0.29, 0.717) is 24.0 Å². The molecule has 49 heavy (non-hydrogen) atoms. The minimum absolute atomic E-state index is 0.199. The van der Waals surface area contributed by atoms with Gasteiger partial charge in [0.05, 0.1) is 14.2 Å². The van der Waals surface area contributed by atoms with E-state index < -0.39 is 0 Å². The number of para-hydroxylation sites is 1. The van der Waals surface area contributed by atoms with Gasteiger partial charge in [-0.1, -0.05) is 54.6 Å². The predicted octanol–water partition coefficient (Wildman–Crippen LogP) is 10.1. The second kappa shape index (κ2) is 16.0. The van der Waals surface area contributed by atoms with E-state index in [1.807, 2.05) is 54.6 Å². The molecule has 0 heterocycles. The van der Waals surface area contributed by atoms with Gasteiger partial charge in [0.2, 0.25) is 16.5 Å². The zero-order valence-electron chi connectivity index (χ0n) is 28.1. The molecule has 9 heteroatoms. The fraction of sp³-hybridized carbons (Fsp3) is 0.300. The van der Waals surface area contributed by atoms with Crippen molar-refractivity contribution in [1.29, 1.82) is 10.8 Å². The Morgan fingerprint density at radius 2 is 1.45 bits per heavy atom. The second-order valence-electron chi connectivity index (χ2n) is 12.4. The zero-order chi connectivity index (χ0) is 34.0. The summed E-state index contributed by atoms with van der Waals surface area (Å²) >= 11 is 0. The third kappa shape index (κ3) is 8.09. The monoisotopic (exact) mass is 654 g/mol. The Kier molecular flexibility index (Phi) is 10.8. The Balaban J connectivity index is 1.14. The summed E-state index contributed by atoms with van der Waals surface area (Å²) in [5, 5.41) is 18.8. The van der Waals surface area contributed by atoms with Crippen LogP contribution in [0.4, 0.5) is 17.1 Å². The lowest BCUT2D eigenvalue weighted by Crippen LogP contribution is -2.43. The molecule has 0 amide bonds. The van der Waals surface area contributed by atoms with Crippen molar-refractivity contribution in [2.75, 3.05) is 19.1 Å². The van der Waals surface area contributed by atoms with Crippen LogP contribution in [0.5, 0.6) is 17.2 Å². The van der Waals surface area contributed by atoms with Crippen molar-refractivity contribution < 1.29 is 14.2 Å². The Bertz CT molecular complexity index is 1840. The zero-order valence-corrected chi connectivity index (χ0v) is 28.1. The topological polar surface area (TPSA) is 90.5 Å². The first-order chi connectivity index (χ1) is 24.1. The lowest BCUT2D eigenvalue weighted by molar-refractivity contribution is 0.141. The van der Waals surface area contributed by atoms with Gasteiger partial charge in [-0.15, -0.1) is 0 Å². The van der Waals surface area contributed by atoms with Gasteiger partial charge in [-0.2, -0.15) is 0 Å². The molecule has 0 N–H and O–H groups in total. The normalized spacial score (nSPS) is 18.6. The van der Waals surface area contributed by atoms with Crippen LogP contribution in [0, 0.1) is 10.8 Å². The number of hydrogen-bond donors (Lipinski definition) is 0. The smallest absolute Gasteiger partial charge is 0.426 e. The van der Waals surface area contributed by atoms with E-state index in [2.05, 4.69) is 74.4 Å². The molecule has 0 bridgehead atoms. The summed E-state index contributed by atoms with van der Waals surface area (Å²) in [4.78, 5) is 11.6. The number of anilines is 2. The molecule has 2 aliphatic carbocycles. The largest absolute Gasteiger partial charge is 0.493 e. The summed E-state index contributed by atoms with van der Waals surface area (Å²) in [6.07, 6.45) is 11.9. The number of hydrogen-bond acceptors (Lipinski definition) is 7. The Morgan fingerprint density at radius 1 is 0.735 bits per heavy atom. The highest BCUT2D eigenvalue weighted by atomic mass is 16.5. The molecule has 3 atom stereocenters. The van der Waals surface area contributed by atoms with E-state index in [1.165, 1.54) is 12.0 Å². The van der Waals surface area contributed by atoms with E-state index in [-0.39, 0.29) is 12.1 Å². The highest BCUT2D eigenvalue weighted by molar-refractivity contribution is 5.70. The fourth-order valence-corrected chi connectivity index (χ4v) is 6.70. The van der Waals surface area contributed by atoms with Crippen LogP contribution in [0.15, 0.2) is 121 Å². The molecule has 0 saturated carbocycles. The van der Waals surface area contributed by atoms with Gasteiger partial charge in [0.1, 0.15) is 16.5 Å². The minimum Gasteiger partial charge on any atom is -0.493 e. The van der Waals surface area contributed by atoms with E-state index in [1.54, 1.807) is 20.3 Å². The van der Waals surface area contributed by atoms with Gasteiger partial charge in [0, 0.05) is 55.1 Å². The minimum atomic E-state index is -0.288. The Labute approximate surface area is 288 Å². The maximum absolute atomic E-state index is 9.45. The van der Waals surface area contributed by atoms with E-state index in [9.17, 15) is 10.8 Å². The molecule has 0 aliphatic heterocycles.